The van der Waals surface area contributed by atoms with Crippen LogP contribution in [0.5, 0.6) is 5.75 Å². The number of carbonyl (C=O) groups excluding carboxylic acids is 1. The first kappa shape index (κ1) is 20.9. The third kappa shape index (κ3) is 5.57. The van der Waals surface area contributed by atoms with Gasteiger partial charge in [0.15, 0.2) is 17.1 Å². The first-order chi connectivity index (χ1) is 14.0. The van der Waals surface area contributed by atoms with Crippen molar-refractivity contribution in [2.24, 2.45) is 7.05 Å². The summed E-state index contributed by atoms with van der Waals surface area (Å²) in [6.07, 6.45) is 0.729. The van der Waals surface area contributed by atoms with Gasteiger partial charge in [-0.3, -0.25) is 4.79 Å². The molecule has 2 aromatic heterocycles. The third-order valence-electron chi connectivity index (χ3n) is 4.36. The molecule has 8 heteroatoms. The molecule has 29 heavy (non-hydrogen) atoms. The van der Waals surface area contributed by atoms with Gasteiger partial charge in [-0.25, -0.2) is 4.98 Å². The Kier molecular flexibility index (Phi) is 6.87. The lowest BCUT2D eigenvalue weighted by Gasteiger charge is -2.14. The monoisotopic (exact) mass is 411 g/mol. The Balaban J connectivity index is 1.57. The van der Waals surface area contributed by atoms with Crippen LogP contribution in [-0.2, 0) is 18.3 Å². The van der Waals surface area contributed by atoms with E-state index >= 15 is 0 Å². The molecule has 0 aliphatic heterocycles. The Morgan fingerprint density at radius 2 is 1.97 bits per heavy atom. The fraction of sp³-hybridized carbons (Fsp3) is 0.333. The van der Waals surface area contributed by atoms with Crippen LogP contribution >= 0.6 is 11.8 Å². The number of aromatic nitrogens is 4. The van der Waals surface area contributed by atoms with Gasteiger partial charge in [0.25, 0.3) is 0 Å². The molecule has 2 heterocycles. The molecule has 0 saturated carbocycles. The number of hydrogen-bond acceptors (Lipinski definition) is 6. The molecular formula is C21H25N5O2S. The minimum absolute atomic E-state index is 0.141. The molecule has 3 rings (SSSR count). The molecular weight excluding hydrogens is 386 g/mol. The number of aryl methyl sites for hydroxylation is 2. The van der Waals surface area contributed by atoms with Gasteiger partial charge in [0, 0.05) is 12.7 Å². The molecule has 1 atom stereocenters. The number of hydrogen-bond donors (Lipinski definition) is 1. The number of ether oxygens (including phenoxy) is 1. The Morgan fingerprint density at radius 3 is 2.66 bits per heavy atom. The van der Waals surface area contributed by atoms with Crippen molar-refractivity contribution >= 4 is 23.5 Å². The topological polar surface area (TPSA) is 81.9 Å². The van der Waals surface area contributed by atoms with E-state index in [2.05, 4.69) is 39.6 Å². The number of benzene rings is 1. The minimum atomic E-state index is -0.264. The van der Waals surface area contributed by atoms with E-state index in [1.54, 1.807) is 6.07 Å². The molecule has 0 fully saturated rings. The lowest BCUT2D eigenvalue weighted by Crippen LogP contribution is -2.15. The van der Waals surface area contributed by atoms with Crippen molar-refractivity contribution in [2.45, 2.75) is 38.5 Å². The number of amides is 1. The summed E-state index contributed by atoms with van der Waals surface area (Å²) in [6.45, 7) is 5.93. The maximum Gasteiger partial charge on any atom is 0.236 e. The molecule has 1 aromatic carbocycles. The van der Waals surface area contributed by atoms with Gasteiger partial charge in [-0.2, -0.15) is 0 Å². The zero-order chi connectivity index (χ0) is 20.8. The largest absolute Gasteiger partial charge is 0.483 e. The van der Waals surface area contributed by atoms with Crippen molar-refractivity contribution in [3.63, 3.8) is 0 Å². The van der Waals surface area contributed by atoms with E-state index in [1.807, 2.05) is 49.7 Å². The van der Waals surface area contributed by atoms with E-state index in [-0.39, 0.29) is 17.8 Å². The second-order valence-corrected chi connectivity index (χ2v) is 7.60. The average molecular weight is 412 g/mol. The molecule has 1 N–H and O–H groups in total. The standard InChI is InChI=1S/C21H25N5O2S/c1-5-16-9-11-17(12-10-16)28-15(3)20-24-25-21(26(20)4)29-13-19(27)23-18-8-6-7-14(2)22-18/h6-12,15H,5,13H2,1-4H3,(H,22,23,27). The van der Waals surface area contributed by atoms with Crippen LogP contribution in [0.25, 0.3) is 0 Å². The molecule has 3 aromatic rings. The third-order valence-corrected chi connectivity index (χ3v) is 5.39. The Bertz CT molecular complexity index is 971. The molecule has 1 amide bonds. The number of carbonyl (C=O) groups is 1. The van der Waals surface area contributed by atoms with Crippen molar-refractivity contribution < 1.29 is 9.53 Å². The second kappa shape index (κ2) is 9.56. The summed E-state index contributed by atoms with van der Waals surface area (Å²) in [7, 11) is 1.87. The lowest BCUT2D eigenvalue weighted by molar-refractivity contribution is -0.113. The minimum Gasteiger partial charge on any atom is -0.483 e. The van der Waals surface area contributed by atoms with Gasteiger partial charge in [0.05, 0.1) is 5.75 Å². The summed E-state index contributed by atoms with van der Waals surface area (Å²) < 4.78 is 7.84. The van der Waals surface area contributed by atoms with E-state index in [0.29, 0.717) is 16.8 Å². The van der Waals surface area contributed by atoms with E-state index in [9.17, 15) is 4.79 Å². The first-order valence-electron chi connectivity index (χ1n) is 9.47. The van der Waals surface area contributed by atoms with E-state index in [0.717, 1.165) is 17.9 Å². The van der Waals surface area contributed by atoms with Crippen LogP contribution in [0.4, 0.5) is 5.82 Å². The molecule has 0 bridgehead atoms. The predicted octanol–water partition coefficient (Wildman–Crippen LogP) is 3.95. The highest BCUT2D eigenvalue weighted by atomic mass is 32.2. The van der Waals surface area contributed by atoms with Gasteiger partial charge in [0.2, 0.25) is 5.91 Å². The Labute approximate surface area is 174 Å². The normalized spacial score (nSPS) is 11.9. The van der Waals surface area contributed by atoms with Crippen LogP contribution in [-0.4, -0.2) is 31.4 Å². The van der Waals surface area contributed by atoms with Gasteiger partial charge in [-0.15, -0.1) is 10.2 Å². The first-order valence-corrected chi connectivity index (χ1v) is 10.5. The molecule has 152 valence electrons. The van der Waals surface area contributed by atoms with E-state index in [4.69, 9.17) is 4.74 Å². The predicted molar refractivity (Wildman–Crippen MR) is 114 cm³/mol. The Hall–Kier alpha value is -2.87. The highest BCUT2D eigenvalue weighted by Crippen LogP contribution is 2.24. The summed E-state index contributed by atoms with van der Waals surface area (Å²) in [5, 5.41) is 11.9. The maximum atomic E-state index is 12.2. The number of anilines is 1. The Morgan fingerprint density at radius 1 is 1.21 bits per heavy atom. The summed E-state index contributed by atoms with van der Waals surface area (Å²) in [5.74, 6) is 2.11. The van der Waals surface area contributed by atoms with Crippen molar-refractivity contribution in [3.8, 4) is 5.75 Å². The number of pyridine rings is 1. The highest BCUT2D eigenvalue weighted by molar-refractivity contribution is 7.99. The quantitative estimate of drug-likeness (QED) is 0.565. The fourth-order valence-corrected chi connectivity index (χ4v) is 3.51. The highest BCUT2D eigenvalue weighted by Gasteiger charge is 2.18. The molecule has 0 aliphatic carbocycles. The maximum absolute atomic E-state index is 12.2. The van der Waals surface area contributed by atoms with Gasteiger partial charge in [0.1, 0.15) is 11.6 Å². The molecule has 0 saturated heterocycles. The van der Waals surface area contributed by atoms with Crippen molar-refractivity contribution in [3.05, 3.63) is 59.5 Å². The number of nitrogens with one attached hydrogen (secondary N) is 1. The summed E-state index contributed by atoms with van der Waals surface area (Å²) in [5.41, 5.74) is 2.12. The van der Waals surface area contributed by atoms with Crippen molar-refractivity contribution in [1.29, 1.82) is 0 Å². The summed E-state index contributed by atoms with van der Waals surface area (Å²) in [6, 6.07) is 13.5. The van der Waals surface area contributed by atoms with Crippen molar-refractivity contribution in [2.75, 3.05) is 11.1 Å². The van der Waals surface area contributed by atoms with Crippen LogP contribution in [0, 0.1) is 6.92 Å². The van der Waals surface area contributed by atoms with Gasteiger partial charge in [-0.1, -0.05) is 36.9 Å². The van der Waals surface area contributed by atoms with Crippen LogP contribution in [0.3, 0.4) is 0 Å². The molecule has 7 nitrogen and oxygen atoms in total. The van der Waals surface area contributed by atoms with Crippen LogP contribution in [0.2, 0.25) is 0 Å². The SMILES string of the molecule is CCc1ccc(OC(C)c2nnc(SCC(=O)Nc3cccc(C)n3)n2C)cc1. The molecule has 0 spiro atoms. The smallest absolute Gasteiger partial charge is 0.236 e. The molecule has 0 aliphatic rings. The molecule has 0 radical (unpaired) electrons. The number of nitrogens with zero attached hydrogens (tertiary/aromatic N) is 4. The van der Waals surface area contributed by atoms with Crippen LogP contribution < -0.4 is 10.1 Å². The summed E-state index contributed by atoms with van der Waals surface area (Å²) in [4.78, 5) is 16.5. The zero-order valence-corrected chi connectivity index (χ0v) is 17.9. The van der Waals surface area contributed by atoms with Gasteiger partial charge in [-0.05, 0) is 50.1 Å². The molecule has 1 unspecified atom stereocenters. The van der Waals surface area contributed by atoms with E-state index < -0.39 is 0 Å². The second-order valence-electron chi connectivity index (χ2n) is 6.66. The number of rotatable bonds is 8. The van der Waals surface area contributed by atoms with Gasteiger partial charge < -0.3 is 14.6 Å². The number of thioether (sulfide) groups is 1. The van der Waals surface area contributed by atoms with Crippen LogP contribution in [0.15, 0.2) is 47.6 Å². The van der Waals surface area contributed by atoms with E-state index in [1.165, 1.54) is 17.3 Å². The van der Waals surface area contributed by atoms with Gasteiger partial charge >= 0.3 is 0 Å². The lowest BCUT2D eigenvalue weighted by atomic mass is 10.2. The summed E-state index contributed by atoms with van der Waals surface area (Å²) >= 11 is 1.32. The fourth-order valence-electron chi connectivity index (χ4n) is 2.79. The van der Waals surface area contributed by atoms with Crippen molar-refractivity contribution in [1.82, 2.24) is 19.7 Å². The average Bonchev–Trinajstić information content (AvgIpc) is 3.07. The van der Waals surface area contributed by atoms with Crippen LogP contribution in [0.1, 0.15) is 37.0 Å². The zero-order valence-electron chi connectivity index (χ0n) is 17.0.